The Balaban J connectivity index is 1.49. The van der Waals surface area contributed by atoms with Crippen LogP contribution in [0.1, 0.15) is 35.4 Å². The predicted molar refractivity (Wildman–Crippen MR) is 104 cm³/mol. The first-order valence-electron chi connectivity index (χ1n) is 9.27. The molecule has 1 aromatic carbocycles. The zero-order valence-corrected chi connectivity index (χ0v) is 16.1. The number of rotatable bonds is 7. The Kier molecular flexibility index (Phi) is 5.19. The maximum Gasteiger partial charge on any atom is 0.258 e. The molecule has 9 heteroatoms. The second-order valence-corrected chi connectivity index (χ2v) is 6.44. The number of amides is 1. The van der Waals surface area contributed by atoms with E-state index in [1.54, 1.807) is 35.8 Å². The van der Waals surface area contributed by atoms with Gasteiger partial charge in [0.2, 0.25) is 0 Å². The molecule has 9 nitrogen and oxygen atoms in total. The fraction of sp³-hybridized carbons (Fsp3) is 0.250. The lowest BCUT2D eigenvalue weighted by Crippen LogP contribution is -2.24. The van der Waals surface area contributed by atoms with Crippen LogP contribution < -0.4 is 10.1 Å². The third kappa shape index (κ3) is 3.93. The van der Waals surface area contributed by atoms with Gasteiger partial charge in [0.25, 0.3) is 11.8 Å². The molecule has 0 radical (unpaired) electrons. The molecule has 0 bridgehead atoms. The van der Waals surface area contributed by atoms with Crippen LogP contribution in [0, 0.1) is 0 Å². The van der Waals surface area contributed by atoms with Gasteiger partial charge in [-0.3, -0.25) is 9.20 Å². The van der Waals surface area contributed by atoms with Crippen LogP contribution in [-0.4, -0.2) is 37.8 Å². The number of carbonyl (C=O) groups excluding carboxylic acids is 1. The van der Waals surface area contributed by atoms with Crippen molar-refractivity contribution < 1.29 is 14.1 Å². The van der Waals surface area contributed by atoms with Crippen LogP contribution in [0.4, 0.5) is 0 Å². The number of carbonyl (C=O) groups is 1. The zero-order chi connectivity index (χ0) is 20.2. The van der Waals surface area contributed by atoms with Gasteiger partial charge in [-0.05, 0) is 36.8 Å². The van der Waals surface area contributed by atoms with Crippen LogP contribution in [0.25, 0.3) is 17.1 Å². The van der Waals surface area contributed by atoms with E-state index < -0.39 is 0 Å². The number of nitrogens with zero attached hydrogens (tertiary/aromatic N) is 5. The van der Waals surface area contributed by atoms with Crippen LogP contribution >= 0.6 is 0 Å². The Morgan fingerprint density at radius 3 is 2.97 bits per heavy atom. The lowest BCUT2D eigenvalue weighted by Gasteiger charge is -2.06. The topological polar surface area (TPSA) is 107 Å². The molecule has 4 aromatic rings. The highest BCUT2D eigenvalue weighted by Crippen LogP contribution is 2.19. The van der Waals surface area contributed by atoms with E-state index in [1.165, 1.54) is 0 Å². The predicted octanol–water partition coefficient (Wildman–Crippen LogP) is 2.67. The van der Waals surface area contributed by atoms with Gasteiger partial charge >= 0.3 is 0 Å². The molecule has 3 aromatic heterocycles. The van der Waals surface area contributed by atoms with Gasteiger partial charge in [-0.15, -0.1) is 10.2 Å². The summed E-state index contributed by atoms with van der Waals surface area (Å²) >= 11 is 0. The van der Waals surface area contributed by atoms with Crippen molar-refractivity contribution in [3.05, 3.63) is 59.8 Å². The second-order valence-electron chi connectivity index (χ2n) is 6.44. The fourth-order valence-corrected chi connectivity index (χ4v) is 2.92. The number of methoxy groups -OCH3 is 1. The van der Waals surface area contributed by atoms with Gasteiger partial charge in [-0.1, -0.05) is 18.1 Å². The number of aromatic nitrogens is 5. The summed E-state index contributed by atoms with van der Waals surface area (Å²) in [7, 11) is 1.56. The largest absolute Gasteiger partial charge is 0.497 e. The molecule has 0 unspecified atom stereocenters. The van der Waals surface area contributed by atoms with Crippen molar-refractivity contribution in [2.75, 3.05) is 7.11 Å². The summed E-state index contributed by atoms with van der Waals surface area (Å²) < 4.78 is 12.3. The number of aryl methyl sites for hydroxylation is 1. The molecule has 148 valence electrons. The van der Waals surface area contributed by atoms with Gasteiger partial charge in [-0.25, -0.2) is 0 Å². The number of benzene rings is 1. The van der Waals surface area contributed by atoms with Crippen molar-refractivity contribution in [1.29, 1.82) is 0 Å². The molecule has 0 aliphatic rings. The summed E-state index contributed by atoms with van der Waals surface area (Å²) in [6, 6.07) is 10.6. The van der Waals surface area contributed by atoms with Crippen molar-refractivity contribution in [1.82, 2.24) is 30.1 Å². The van der Waals surface area contributed by atoms with Crippen LogP contribution in [-0.2, 0) is 13.0 Å². The van der Waals surface area contributed by atoms with Crippen molar-refractivity contribution in [3.63, 3.8) is 0 Å². The molecule has 1 amide bonds. The molecule has 0 aliphatic carbocycles. The summed E-state index contributed by atoms with van der Waals surface area (Å²) in [5, 5.41) is 15.2. The molecule has 0 spiro atoms. The van der Waals surface area contributed by atoms with E-state index in [4.69, 9.17) is 9.26 Å². The SMILES string of the molecule is CCCc1noc(-c2ccn3c(CNC(=O)c4cccc(OC)c4)nnc3c2)n1. The van der Waals surface area contributed by atoms with E-state index in [0.717, 1.165) is 18.4 Å². The molecule has 0 atom stereocenters. The second kappa shape index (κ2) is 8.09. The number of nitrogens with one attached hydrogen (secondary N) is 1. The van der Waals surface area contributed by atoms with Crippen LogP contribution in [0.2, 0.25) is 0 Å². The normalized spacial score (nSPS) is 11.0. The van der Waals surface area contributed by atoms with Crippen molar-refractivity contribution in [2.24, 2.45) is 0 Å². The first-order valence-corrected chi connectivity index (χ1v) is 9.27. The number of fused-ring (bicyclic) bond motifs is 1. The van der Waals surface area contributed by atoms with Gasteiger partial charge in [0.15, 0.2) is 17.3 Å². The summed E-state index contributed by atoms with van der Waals surface area (Å²) in [6.07, 6.45) is 3.54. The Labute approximate surface area is 166 Å². The van der Waals surface area contributed by atoms with Crippen LogP contribution in [0.3, 0.4) is 0 Å². The third-order valence-electron chi connectivity index (χ3n) is 4.41. The molecule has 4 rings (SSSR count). The van der Waals surface area contributed by atoms with E-state index >= 15 is 0 Å². The highest BCUT2D eigenvalue weighted by Gasteiger charge is 2.13. The highest BCUT2D eigenvalue weighted by molar-refractivity contribution is 5.94. The minimum Gasteiger partial charge on any atom is -0.497 e. The first-order chi connectivity index (χ1) is 14.2. The van der Waals surface area contributed by atoms with E-state index in [1.807, 2.05) is 18.3 Å². The summed E-state index contributed by atoms with van der Waals surface area (Å²) in [5.74, 6) is 2.16. The standard InChI is InChI=1S/C20H20N6O3/c1-3-5-16-22-20(29-25-16)14-8-9-26-17(11-14)23-24-18(26)12-21-19(27)13-6-4-7-15(10-13)28-2/h4,6-11H,3,5,12H2,1-2H3,(H,21,27). The lowest BCUT2D eigenvalue weighted by molar-refractivity contribution is 0.0949. The minimum absolute atomic E-state index is 0.216. The smallest absolute Gasteiger partial charge is 0.258 e. The molecule has 3 heterocycles. The summed E-state index contributed by atoms with van der Waals surface area (Å²) in [6.45, 7) is 2.30. The van der Waals surface area contributed by atoms with E-state index in [2.05, 4.69) is 32.6 Å². The number of pyridine rings is 1. The zero-order valence-electron chi connectivity index (χ0n) is 16.1. The van der Waals surface area contributed by atoms with Crippen molar-refractivity contribution in [2.45, 2.75) is 26.3 Å². The number of hydrogen-bond acceptors (Lipinski definition) is 7. The fourth-order valence-electron chi connectivity index (χ4n) is 2.92. The Morgan fingerprint density at radius 2 is 2.14 bits per heavy atom. The molecular formula is C20H20N6O3. The van der Waals surface area contributed by atoms with Gasteiger partial charge in [0.05, 0.1) is 13.7 Å². The first kappa shape index (κ1) is 18.6. The van der Waals surface area contributed by atoms with E-state index in [9.17, 15) is 4.79 Å². The summed E-state index contributed by atoms with van der Waals surface area (Å²) in [4.78, 5) is 16.8. The van der Waals surface area contributed by atoms with Gasteiger partial charge in [-0.2, -0.15) is 4.98 Å². The molecule has 0 fully saturated rings. The molecule has 1 N–H and O–H groups in total. The van der Waals surface area contributed by atoms with Gasteiger partial charge < -0.3 is 14.6 Å². The average Bonchev–Trinajstić information content (AvgIpc) is 3.39. The minimum atomic E-state index is -0.216. The quantitative estimate of drug-likeness (QED) is 0.515. The van der Waals surface area contributed by atoms with Crippen molar-refractivity contribution in [3.8, 4) is 17.2 Å². The molecule has 0 saturated heterocycles. The maximum atomic E-state index is 12.4. The molecule has 29 heavy (non-hydrogen) atoms. The Morgan fingerprint density at radius 1 is 1.24 bits per heavy atom. The Hall–Kier alpha value is -3.75. The highest BCUT2D eigenvalue weighted by atomic mass is 16.5. The maximum absolute atomic E-state index is 12.4. The average molecular weight is 392 g/mol. The monoisotopic (exact) mass is 392 g/mol. The summed E-state index contributed by atoms with van der Waals surface area (Å²) in [5.41, 5.74) is 1.91. The van der Waals surface area contributed by atoms with E-state index in [0.29, 0.717) is 34.5 Å². The Bertz CT molecular complexity index is 1150. The van der Waals surface area contributed by atoms with Crippen LogP contribution in [0.15, 0.2) is 47.1 Å². The molecule has 0 saturated carbocycles. The van der Waals surface area contributed by atoms with Gasteiger partial charge in [0.1, 0.15) is 5.75 Å². The lowest BCUT2D eigenvalue weighted by atomic mass is 10.2. The molecular weight excluding hydrogens is 372 g/mol. The van der Waals surface area contributed by atoms with Crippen LogP contribution in [0.5, 0.6) is 5.75 Å². The van der Waals surface area contributed by atoms with Gasteiger partial charge in [0, 0.05) is 23.7 Å². The van der Waals surface area contributed by atoms with E-state index in [-0.39, 0.29) is 12.5 Å². The third-order valence-corrected chi connectivity index (χ3v) is 4.41. The van der Waals surface area contributed by atoms with Crippen molar-refractivity contribution >= 4 is 11.6 Å². The molecule has 0 aliphatic heterocycles. The number of hydrogen-bond donors (Lipinski definition) is 1. The number of ether oxygens (including phenoxy) is 1.